The first-order valence-corrected chi connectivity index (χ1v) is 10.1. The van der Waals surface area contributed by atoms with Crippen molar-refractivity contribution in [3.63, 3.8) is 0 Å². The molecule has 4 aliphatic rings. The van der Waals surface area contributed by atoms with Crippen molar-refractivity contribution in [3.8, 4) is 0 Å². The average molecular weight is 321 g/mol. The van der Waals surface area contributed by atoms with Gasteiger partial charge in [0.25, 0.3) is 0 Å². The number of methoxy groups -OCH3 is 2. The van der Waals surface area contributed by atoms with Crippen molar-refractivity contribution in [1.29, 1.82) is 0 Å². The third-order valence-corrected chi connectivity index (χ3v) is 8.91. The highest BCUT2D eigenvalue weighted by Crippen LogP contribution is 2.63. The van der Waals surface area contributed by atoms with Crippen LogP contribution in [-0.2, 0) is 9.47 Å². The fraction of sp³-hybridized carbons (Fsp3) is 1.00. The standard InChI is InChI=1S/C21H36O2/c1-14-12-18-15(13-21(14,22-3)23-4)7-8-17-16(18)9-11-20(2)10-5-6-19(17)20/h14-19H,5-13H2,1-4H3/t14-,15+,16+,17-,18+,19+,20+/m1/s1. The van der Waals surface area contributed by atoms with Crippen molar-refractivity contribution in [3.05, 3.63) is 0 Å². The molecule has 132 valence electrons. The number of fused-ring (bicyclic) bond motifs is 5. The summed E-state index contributed by atoms with van der Waals surface area (Å²) in [6.45, 7) is 4.96. The highest BCUT2D eigenvalue weighted by Gasteiger charge is 2.56. The van der Waals surface area contributed by atoms with Gasteiger partial charge in [0.15, 0.2) is 5.79 Å². The maximum absolute atomic E-state index is 5.89. The fourth-order valence-corrected chi connectivity index (χ4v) is 7.65. The van der Waals surface area contributed by atoms with Crippen LogP contribution in [0.25, 0.3) is 0 Å². The van der Waals surface area contributed by atoms with Crippen LogP contribution in [0.4, 0.5) is 0 Å². The molecule has 0 heterocycles. The maximum Gasteiger partial charge on any atom is 0.170 e. The molecule has 4 rings (SSSR count). The van der Waals surface area contributed by atoms with Crippen LogP contribution in [-0.4, -0.2) is 20.0 Å². The van der Waals surface area contributed by atoms with Gasteiger partial charge in [-0.2, -0.15) is 0 Å². The molecule has 0 bridgehead atoms. The van der Waals surface area contributed by atoms with Crippen LogP contribution in [0.1, 0.15) is 71.6 Å². The van der Waals surface area contributed by atoms with Crippen LogP contribution >= 0.6 is 0 Å². The molecule has 0 aliphatic heterocycles. The topological polar surface area (TPSA) is 18.5 Å². The smallest absolute Gasteiger partial charge is 0.170 e. The summed E-state index contributed by atoms with van der Waals surface area (Å²) < 4.78 is 11.8. The molecule has 4 fully saturated rings. The normalized spacial score (nSPS) is 51.7. The van der Waals surface area contributed by atoms with Crippen molar-refractivity contribution < 1.29 is 9.47 Å². The second kappa shape index (κ2) is 5.73. The summed E-state index contributed by atoms with van der Waals surface area (Å²) in [5, 5.41) is 0. The van der Waals surface area contributed by atoms with Gasteiger partial charge in [-0.15, -0.1) is 0 Å². The molecule has 2 nitrogen and oxygen atoms in total. The molecule has 0 aromatic carbocycles. The van der Waals surface area contributed by atoms with Crippen LogP contribution in [0.15, 0.2) is 0 Å². The van der Waals surface area contributed by atoms with E-state index in [1.807, 2.05) is 14.2 Å². The highest BCUT2D eigenvalue weighted by molar-refractivity contribution is 5.04. The molecule has 0 N–H and O–H groups in total. The summed E-state index contributed by atoms with van der Waals surface area (Å²) in [7, 11) is 3.69. The molecule has 4 aliphatic carbocycles. The van der Waals surface area contributed by atoms with Gasteiger partial charge >= 0.3 is 0 Å². The summed E-state index contributed by atoms with van der Waals surface area (Å²) in [6, 6.07) is 0. The minimum atomic E-state index is -0.315. The lowest BCUT2D eigenvalue weighted by molar-refractivity contribution is -0.274. The van der Waals surface area contributed by atoms with Gasteiger partial charge in [0.1, 0.15) is 0 Å². The van der Waals surface area contributed by atoms with E-state index in [1.165, 1.54) is 51.4 Å². The van der Waals surface area contributed by atoms with E-state index in [2.05, 4.69) is 13.8 Å². The van der Waals surface area contributed by atoms with Crippen LogP contribution in [0.2, 0.25) is 0 Å². The largest absolute Gasteiger partial charge is 0.353 e. The molecule has 7 atom stereocenters. The van der Waals surface area contributed by atoms with E-state index in [0.29, 0.717) is 11.3 Å². The van der Waals surface area contributed by atoms with E-state index in [1.54, 1.807) is 0 Å². The zero-order chi connectivity index (χ0) is 16.2. The van der Waals surface area contributed by atoms with Crippen molar-refractivity contribution >= 4 is 0 Å². The molecule has 0 aromatic heterocycles. The molecule has 0 unspecified atom stereocenters. The molecular weight excluding hydrogens is 284 g/mol. The Bertz CT molecular complexity index is 443. The summed E-state index contributed by atoms with van der Waals surface area (Å²) >= 11 is 0. The monoisotopic (exact) mass is 320 g/mol. The number of ether oxygens (including phenoxy) is 2. The lowest BCUT2D eigenvalue weighted by atomic mass is 9.49. The molecule has 2 heteroatoms. The van der Waals surface area contributed by atoms with Gasteiger partial charge in [-0.25, -0.2) is 0 Å². The van der Waals surface area contributed by atoms with Crippen molar-refractivity contribution in [2.45, 2.75) is 77.4 Å². The van der Waals surface area contributed by atoms with Gasteiger partial charge in [0.2, 0.25) is 0 Å². The lowest BCUT2D eigenvalue weighted by Gasteiger charge is -2.58. The molecule has 0 radical (unpaired) electrons. The van der Waals surface area contributed by atoms with E-state index < -0.39 is 0 Å². The summed E-state index contributed by atoms with van der Waals surface area (Å²) in [5.41, 5.74) is 0.692. The van der Waals surface area contributed by atoms with Crippen molar-refractivity contribution in [2.75, 3.05) is 14.2 Å². The number of hydrogen-bond donors (Lipinski definition) is 0. The van der Waals surface area contributed by atoms with E-state index in [0.717, 1.165) is 36.0 Å². The first-order valence-electron chi connectivity index (χ1n) is 10.1. The van der Waals surface area contributed by atoms with Crippen LogP contribution in [0.3, 0.4) is 0 Å². The SMILES string of the molecule is COC1(OC)C[C@@H]2CC[C@@H]3[C@H](CC[C@]4(C)CCC[C@@H]34)[C@H]2C[C@H]1C. The predicted molar refractivity (Wildman–Crippen MR) is 93.0 cm³/mol. The fourth-order valence-electron chi connectivity index (χ4n) is 7.65. The Balaban J connectivity index is 1.55. The summed E-state index contributed by atoms with van der Waals surface area (Å²) in [4.78, 5) is 0. The Morgan fingerprint density at radius 3 is 2.39 bits per heavy atom. The highest BCUT2D eigenvalue weighted by atomic mass is 16.7. The first kappa shape index (κ1) is 16.4. The van der Waals surface area contributed by atoms with Crippen LogP contribution < -0.4 is 0 Å². The lowest BCUT2D eigenvalue weighted by Crippen LogP contribution is -2.54. The summed E-state index contributed by atoms with van der Waals surface area (Å²) in [5.74, 6) is 5.04. The zero-order valence-corrected chi connectivity index (χ0v) is 15.6. The van der Waals surface area contributed by atoms with Crippen molar-refractivity contribution in [2.24, 2.45) is 40.9 Å². The van der Waals surface area contributed by atoms with Gasteiger partial charge in [0.05, 0.1) is 0 Å². The molecule has 0 amide bonds. The number of rotatable bonds is 2. The minimum Gasteiger partial charge on any atom is -0.353 e. The Hall–Kier alpha value is -0.0800. The van der Waals surface area contributed by atoms with Gasteiger partial charge in [-0.1, -0.05) is 20.3 Å². The Morgan fingerprint density at radius 2 is 1.65 bits per heavy atom. The first-order chi connectivity index (χ1) is 11.0. The Labute approximate surface area is 142 Å². The van der Waals surface area contributed by atoms with Crippen LogP contribution in [0, 0.1) is 40.9 Å². The van der Waals surface area contributed by atoms with E-state index in [-0.39, 0.29) is 5.79 Å². The van der Waals surface area contributed by atoms with Gasteiger partial charge in [-0.3, -0.25) is 0 Å². The zero-order valence-electron chi connectivity index (χ0n) is 15.6. The van der Waals surface area contributed by atoms with Crippen LogP contribution in [0.5, 0.6) is 0 Å². The predicted octanol–water partition coefficient (Wildman–Crippen LogP) is 5.26. The Kier molecular flexibility index (Phi) is 4.08. The molecular formula is C21H36O2. The summed E-state index contributed by atoms with van der Waals surface area (Å²) in [6.07, 6.45) is 12.8. The van der Waals surface area contributed by atoms with Gasteiger partial charge in [-0.05, 0) is 80.0 Å². The molecule has 0 aromatic rings. The molecule has 23 heavy (non-hydrogen) atoms. The second-order valence-electron chi connectivity index (χ2n) is 9.58. The van der Waals surface area contributed by atoms with Crippen molar-refractivity contribution in [1.82, 2.24) is 0 Å². The third kappa shape index (κ3) is 2.34. The van der Waals surface area contributed by atoms with E-state index >= 15 is 0 Å². The van der Waals surface area contributed by atoms with E-state index in [4.69, 9.17) is 9.47 Å². The number of hydrogen-bond acceptors (Lipinski definition) is 2. The van der Waals surface area contributed by atoms with Gasteiger partial charge in [0, 0.05) is 26.6 Å². The molecule has 0 spiro atoms. The average Bonchev–Trinajstić information content (AvgIpc) is 2.96. The molecule has 0 saturated heterocycles. The maximum atomic E-state index is 5.89. The van der Waals surface area contributed by atoms with E-state index in [9.17, 15) is 0 Å². The molecule has 4 saturated carbocycles. The second-order valence-corrected chi connectivity index (χ2v) is 9.58. The van der Waals surface area contributed by atoms with Gasteiger partial charge < -0.3 is 9.47 Å². The third-order valence-electron chi connectivity index (χ3n) is 8.91. The Morgan fingerprint density at radius 1 is 0.870 bits per heavy atom. The minimum absolute atomic E-state index is 0.315. The quantitative estimate of drug-likeness (QED) is 0.646.